The molecule has 0 atom stereocenters. The van der Waals surface area contributed by atoms with Gasteiger partial charge in [0.25, 0.3) is 0 Å². The summed E-state index contributed by atoms with van der Waals surface area (Å²) in [5, 5.41) is 6.38. The van der Waals surface area contributed by atoms with Gasteiger partial charge in [-0.2, -0.15) is 0 Å². The van der Waals surface area contributed by atoms with E-state index in [0.29, 0.717) is 0 Å². The van der Waals surface area contributed by atoms with Crippen LogP contribution in [0.1, 0.15) is 23.6 Å². The molecule has 2 N–H and O–H groups in total. The summed E-state index contributed by atoms with van der Waals surface area (Å²) in [4.78, 5) is 4.84. The minimum atomic E-state index is 0.838. The number of anilines is 1. The van der Waals surface area contributed by atoms with Crippen molar-refractivity contribution in [2.75, 3.05) is 19.4 Å². The van der Waals surface area contributed by atoms with Crippen LogP contribution in [0, 0.1) is 6.92 Å². The van der Waals surface area contributed by atoms with Crippen molar-refractivity contribution in [3.63, 3.8) is 0 Å². The third-order valence-corrected chi connectivity index (χ3v) is 4.82. The van der Waals surface area contributed by atoms with E-state index in [4.69, 9.17) is 4.98 Å². The molecule has 0 saturated carbocycles. The fourth-order valence-electron chi connectivity index (χ4n) is 3.19. The van der Waals surface area contributed by atoms with Crippen LogP contribution in [-0.2, 0) is 0 Å². The van der Waals surface area contributed by atoms with Crippen molar-refractivity contribution in [1.29, 1.82) is 0 Å². The van der Waals surface area contributed by atoms with Gasteiger partial charge in [-0.15, -0.1) is 0 Å². The average Bonchev–Trinajstić information content (AvgIpc) is 2.74. The highest BCUT2D eigenvalue weighted by Gasteiger charge is 2.13. The summed E-state index contributed by atoms with van der Waals surface area (Å²) in [7, 11) is 3.78. The number of aryl methyl sites for hydroxylation is 1. The van der Waals surface area contributed by atoms with E-state index >= 15 is 0 Å². The monoisotopic (exact) mass is 369 g/mol. The Kier molecular flexibility index (Phi) is 5.95. The van der Waals surface area contributed by atoms with E-state index in [2.05, 4.69) is 84.8 Å². The highest BCUT2D eigenvalue weighted by Crippen LogP contribution is 2.31. The van der Waals surface area contributed by atoms with Gasteiger partial charge in [-0.1, -0.05) is 72.8 Å². The van der Waals surface area contributed by atoms with Gasteiger partial charge in [-0.05, 0) is 31.0 Å². The standard InChI is InChI=1S/C25H27N3/c1-6-7-22-23(18(3)26-4)16-24(28-25(22)27-5)21-14-12-20(13-15-21)19-10-8-17(2)9-11-19/h6-16,26H,3H2,1-2,4-5H3,(H,27,28)/b7-6-. The Hall–Kier alpha value is -3.33. The van der Waals surface area contributed by atoms with E-state index < -0.39 is 0 Å². The number of hydrogen-bond donors (Lipinski definition) is 2. The average molecular weight is 370 g/mol. The van der Waals surface area contributed by atoms with Gasteiger partial charge < -0.3 is 10.6 Å². The van der Waals surface area contributed by atoms with E-state index in [1.807, 2.05) is 27.1 Å². The maximum Gasteiger partial charge on any atom is 0.134 e. The number of allylic oxidation sites excluding steroid dienone is 1. The lowest BCUT2D eigenvalue weighted by Crippen LogP contribution is -2.08. The first-order chi connectivity index (χ1) is 13.6. The van der Waals surface area contributed by atoms with Gasteiger partial charge in [-0.3, -0.25) is 0 Å². The number of hydrogen-bond acceptors (Lipinski definition) is 3. The van der Waals surface area contributed by atoms with Gasteiger partial charge in [0.2, 0.25) is 0 Å². The lowest BCUT2D eigenvalue weighted by atomic mass is 9.99. The molecule has 28 heavy (non-hydrogen) atoms. The fraction of sp³-hybridized carbons (Fsp3) is 0.160. The van der Waals surface area contributed by atoms with Crippen LogP contribution in [0.4, 0.5) is 5.82 Å². The van der Waals surface area contributed by atoms with E-state index in [0.717, 1.165) is 33.9 Å². The van der Waals surface area contributed by atoms with Crippen molar-refractivity contribution in [2.24, 2.45) is 0 Å². The summed E-state index contributed by atoms with van der Waals surface area (Å²) in [6, 6.07) is 19.2. The molecule has 0 amide bonds. The van der Waals surface area contributed by atoms with Crippen LogP contribution in [0.2, 0.25) is 0 Å². The first-order valence-corrected chi connectivity index (χ1v) is 9.47. The Morgan fingerprint density at radius 2 is 1.50 bits per heavy atom. The largest absolute Gasteiger partial charge is 0.388 e. The number of nitrogens with one attached hydrogen (secondary N) is 2. The number of pyridine rings is 1. The molecule has 0 fully saturated rings. The van der Waals surface area contributed by atoms with Crippen molar-refractivity contribution in [2.45, 2.75) is 13.8 Å². The SMILES string of the molecule is C=C(NC)c1cc(-c2ccc(-c3ccc(C)cc3)cc2)nc(NC)c1/C=C\C. The maximum absolute atomic E-state index is 4.84. The molecule has 3 nitrogen and oxygen atoms in total. The zero-order valence-corrected chi connectivity index (χ0v) is 17.0. The Bertz CT molecular complexity index is 997. The third kappa shape index (κ3) is 3.99. The Morgan fingerprint density at radius 3 is 2.04 bits per heavy atom. The molecule has 0 bridgehead atoms. The van der Waals surface area contributed by atoms with Crippen molar-refractivity contribution in [3.8, 4) is 22.4 Å². The van der Waals surface area contributed by atoms with Crippen molar-refractivity contribution in [3.05, 3.63) is 83.9 Å². The second kappa shape index (κ2) is 8.57. The normalized spacial score (nSPS) is 10.9. The molecule has 0 saturated heterocycles. The van der Waals surface area contributed by atoms with Crippen LogP contribution >= 0.6 is 0 Å². The topological polar surface area (TPSA) is 37.0 Å². The number of nitrogens with zero attached hydrogens (tertiary/aromatic N) is 1. The Morgan fingerprint density at radius 1 is 0.929 bits per heavy atom. The fourth-order valence-corrected chi connectivity index (χ4v) is 3.19. The summed E-state index contributed by atoms with van der Waals surface area (Å²) in [5.41, 5.74) is 8.61. The predicted molar refractivity (Wildman–Crippen MR) is 122 cm³/mol. The molecule has 3 heteroatoms. The summed E-state index contributed by atoms with van der Waals surface area (Å²) in [6.45, 7) is 8.26. The molecule has 3 rings (SSSR count). The lowest BCUT2D eigenvalue weighted by molar-refractivity contribution is 1.12. The van der Waals surface area contributed by atoms with E-state index in [1.54, 1.807) is 0 Å². The van der Waals surface area contributed by atoms with Crippen LogP contribution in [-0.4, -0.2) is 19.1 Å². The quantitative estimate of drug-likeness (QED) is 0.560. The highest BCUT2D eigenvalue weighted by atomic mass is 15.0. The molecule has 0 spiro atoms. The molecular weight excluding hydrogens is 342 g/mol. The first kappa shape index (κ1) is 19.4. The van der Waals surface area contributed by atoms with Crippen molar-refractivity contribution < 1.29 is 0 Å². The van der Waals surface area contributed by atoms with Crippen molar-refractivity contribution >= 4 is 17.6 Å². The summed E-state index contributed by atoms with van der Waals surface area (Å²) < 4.78 is 0. The van der Waals surface area contributed by atoms with Gasteiger partial charge in [0.15, 0.2) is 0 Å². The molecule has 3 aromatic rings. The summed E-state index contributed by atoms with van der Waals surface area (Å²) in [5.74, 6) is 0.838. The third-order valence-electron chi connectivity index (χ3n) is 4.82. The lowest BCUT2D eigenvalue weighted by Gasteiger charge is -2.16. The van der Waals surface area contributed by atoms with Gasteiger partial charge in [0.1, 0.15) is 5.82 Å². The molecule has 142 valence electrons. The van der Waals surface area contributed by atoms with Crippen LogP contribution < -0.4 is 10.6 Å². The Labute approximate surface area is 167 Å². The summed E-state index contributed by atoms with van der Waals surface area (Å²) in [6.07, 6.45) is 4.07. The first-order valence-electron chi connectivity index (χ1n) is 9.47. The molecule has 1 aromatic heterocycles. The zero-order chi connectivity index (χ0) is 20.1. The molecular formula is C25H27N3. The second-order valence-corrected chi connectivity index (χ2v) is 6.74. The molecule has 0 aliphatic rings. The van der Waals surface area contributed by atoms with E-state index in [1.165, 1.54) is 16.7 Å². The number of benzene rings is 2. The molecule has 2 aromatic carbocycles. The van der Waals surface area contributed by atoms with Crippen molar-refractivity contribution in [1.82, 2.24) is 10.3 Å². The molecule has 0 unspecified atom stereocenters. The van der Waals surface area contributed by atoms with Gasteiger partial charge in [-0.25, -0.2) is 4.98 Å². The van der Waals surface area contributed by atoms with Crippen LogP contribution in [0.15, 0.2) is 67.3 Å². The summed E-state index contributed by atoms with van der Waals surface area (Å²) >= 11 is 0. The van der Waals surface area contributed by atoms with Crippen LogP contribution in [0.3, 0.4) is 0 Å². The second-order valence-electron chi connectivity index (χ2n) is 6.74. The minimum Gasteiger partial charge on any atom is -0.388 e. The van der Waals surface area contributed by atoms with Gasteiger partial charge >= 0.3 is 0 Å². The molecule has 0 radical (unpaired) electrons. The molecule has 0 aliphatic carbocycles. The predicted octanol–water partition coefficient (Wildman–Crippen LogP) is 5.99. The van der Waals surface area contributed by atoms with E-state index in [-0.39, 0.29) is 0 Å². The van der Waals surface area contributed by atoms with Crippen LogP contribution in [0.25, 0.3) is 34.2 Å². The van der Waals surface area contributed by atoms with Gasteiger partial charge in [0, 0.05) is 36.5 Å². The Balaban J connectivity index is 2.05. The highest BCUT2D eigenvalue weighted by molar-refractivity contribution is 5.82. The molecule has 0 aliphatic heterocycles. The minimum absolute atomic E-state index is 0.838. The maximum atomic E-state index is 4.84. The molecule has 1 heterocycles. The smallest absolute Gasteiger partial charge is 0.134 e. The van der Waals surface area contributed by atoms with Crippen LogP contribution in [0.5, 0.6) is 0 Å². The van der Waals surface area contributed by atoms with E-state index in [9.17, 15) is 0 Å². The zero-order valence-electron chi connectivity index (χ0n) is 17.0. The number of aromatic nitrogens is 1. The number of rotatable bonds is 6. The van der Waals surface area contributed by atoms with Gasteiger partial charge in [0.05, 0.1) is 5.69 Å².